The lowest BCUT2D eigenvalue weighted by atomic mass is 10.1. The van der Waals surface area contributed by atoms with Crippen LogP contribution in [0.25, 0.3) is 0 Å². The zero-order chi connectivity index (χ0) is 9.97. The largest absolute Gasteiger partial charge is 0.469 e. The molecule has 1 N–H and O–H groups in total. The van der Waals surface area contributed by atoms with E-state index >= 15 is 0 Å². The molecule has 0 amide bonds. The normalized spacial score (nSPS) is 12.3. The van der Waals surface area contributed by atoms with Crippen LogP contribution >= 0.6 is 12.4 Å². The number of methoxy groups -OCH3 is 1. The molecule has 2 rings (SSSR count). The fourth-order valence-corrected chi connectivity index (χ4v) is 1.71. The molecule has 0 bridgehead atoms. The summed E-state index contributed by atoms with van der Waals surface area (Å²) >= 11 is 0. The lowest BCUT2D eigenvalue weighted by Crippen LogP contribution is -2.04. The topological polar surface area (TPSA) is 38.3 Å². The van der Waals surface area contributed by atoms with Crippen molar-refractivity contribution in [3.05, 3.63) is 29.3 Å². The van der Waals surface area contributed by atoms with Crippen LogP contribution in [0.15, 0.2) is 18.2 Å². The number of ether oxygens (including phenoxy) is 1. The summed E-state index contributed by atoms with van der Waals surface area (Å²) in [5.41, 5.74) is 3.52. The second kappa shape index (κ2) is 5.03. The van der Waals surface area contributed by atoms with Gasteiger partial charge in [-0.15, -0.1) is 12.4 Å². The molecule has 15 heavy (non-hydrogen) atoms. The third kappa shape index (κ3) is 2.63. The van der Waals surface area contributed by atoms with Gasteiger partial charge in [0.1, 0.15) is 0 Å². The van der Waals surface area contributed by atoms with Gasteiger partial charge in [-0.1, -0.05) is 12.1 Å². The number of anilines is 1. The highest BCUT2D eigenvalue weighted by Crippen LogP contribution is 2.23. The van der Waals surface area contributed by atoms with E-state index in [4.69, 9.17) is 0 Å². The minimum Gasteiger partial charge on any atom is -0.469 e. The van der Waals surface area contributed by atoms with E-state index in [2.05, 4.69) is 16.1 Å². The van der Waals surface area contributed by atoms with Gasteiger partial charge in [0.15, 0.2) is 0 Å². The van der Waals surface area contributed by atoms with E-state index in [9.17, 15) is 4.79 Å². The number of fused-ring (bicyclic) bond motifs is 1. The summed E-state index contributed by atoms with van der Waals surface area (Å²) < 4.78 is 4.62. The van der Waals surface area contributed by atoms with Crippen molar-refractivity contribution in [2.24, 2.45) is 0 Å². The van der Waals surface area contributed by atoms with E-state index in [1.807, 2.05) is 12.1 Å². The molecule has 0 aliphatic carbocycles. The number of hydrogen-bond donors (Lipinski definition) is 1. The predicted octanol–water partition coefficient (Wildman–Crippen LogP) is 1.79. The molecule has 0 saturated carbocycles. The first-order chi connectivity index (χ1) is 6.79. The van der Waals surface area contributed by atoms with Gasteiger partial charge in [0.2, 0.25) is 0 Å². The molecule has 82 valence electrons. The number of carbonyl (C=O) groups is 1. The standard InChI is InChI=1S/C11H13NO2.ClH/c1-14-11(13)7-8-2-3-10-9(6-8)4-5-12-10;/h2-3,6,12H,4-5,7H2,1H3;1H. The van der Waals surface area contributed by atoms with E-state index in [1.165, 1.54) is 18.4 Å². The number of carbonyl (C=O) groups excluding carboxylic acids is 1. The van der Waals surface area contributed by atoms with Crippen LogP contribution in [0.2, 0.25) is 0 Å². The molecule has 4 heteroatoms. The summed E-state index contributed by atoms with van der Waals surface area (Å²) in [6.45, 7) is 0.997. The lowest BCUT2D eigenvalue weighted by molar-refractivity contribution is -0.139. The third-order valence-corrected chi connectivity index (χ3v) is 2.46. The predicted molar refractivity (Wildman–Crippen MR) is 61.6 cm³/mol. The molecule has 3 nitrogen and oxygen atoms in total. The Labute approximate surface area is 95.2 Å². The van der Waals surface area contributed by atoms with Gasteiger partial charge < -0.3 is 10.1 Å². The second-order valence-electron chi connectivity index (χ2n) is 3.42. The Balaban J connectivity index is 0.00000112. The van der Waals surface area contributed by atoms with Gasteiger partial charge >= 0.3 is 5.97 Å². The van der Waals surface area contributed by atoms with E-state index < -0.39 is 0 Å². The number of halogens is 1. The van der Waals surface area contributed by atoms with Crippen LogP contribution in [0.3, 0.4) is 0 Å². The van der Waals surface area contributed by atoms with Crippen LogP contribution in [0.5, 0.6) is 0 Å². The number of rotatable bonds is 2. The Kier molecular flexibility index (Phi) is 3.97. The quantitative estimate of drug-likeness (QED) is 0.783. The van der Waals surface area contributed by atoms with Crippen molar-refractivity contribution in [1.82, 2.24) is 0 Å². The van der Waals surface area contributed by atoms with Crippen molar-refractivity contribution < 1.29 is 9.53 Å². The first kappa shape index (κ1) is 11.9. The van der Waals surface area contributed by atoms with Crippen LogP contribution < -0.4 is 5.32 Å². The second-order valence-corrected chi connectivity index (χ2v) is 3.42. The van der Waals surface area contributed by atoms with Crippen LogP contribution in [-0.4, -0.2) is 19.6 Å². The molecule has 0 radical (unpaired) electrons. The highest BCUT2D eigenvalue weighted by Gasteiger charge is 2.11. The first-order valence-electron chi connectivity index (χ1n) is 4.72. The third-order valence-electron chi connectivity index (χ3n) is 2.46. The summed E-state index contributed by atoms with van der Waals surface area (Å²) in [5, 5.41) is 3.28. The first-order valence-corrected chi connectivity index (χ1v) is 4.72. The molecule has 0 saturated heterocycles. The Morgan fingerprint density at radius 1 is 1.53 bits per heavy atom. The zero-order valence-electron chi connectivity index (χ0n) is 8.58. The summed E-state index contributed by atoms with van der Waals surface area (Å²) in [6, 6.07) is 6.07. The van der Waals surface area contributed by atoms with Crippen LogP contribution in [0.4, 0.5) is 5.69 Å². The molecular formula is C11H14ClNO2. The van der Waals surface area contributed by atoms with E-state index in [0.717, 1.165) is 18.5 Å². The molecule has 1 aliphatic rings. The van der Waals surface area contributed by atoms with Crippen molar-refractivity contribution in [3.63, 3.8) is 0 Å². The number of nitrogens with one attached hydrogen (secondary N) is 1. The fraction of sp³-hybridized carbons (Fsp3) is 0.364. The summed E-state index contributed by atoms with van der Waals surface area (Å²) in [7, 11) is 1.41. The van der Waals surface area contributed by atoms with E-state index in [1.54, 1.807) is 0 Å². The SMILES string of the molecule is COC(=O)Cc1ccc2c(c1)CCN2.Cl. The number of hydrogen-bond acceptors (Lipinski definition) is 3. The number of benzene rings is 1. The van der Waals surface area contributed by atoms with Crippen molar-refractivity contribution in [3.8, 4) is 0 Å². The molecule has 0 spiro atoms. The maximum absolute atomic E-state index is 11.0. The molecule has 1 aromatic rings. The molecular weight excluding hydrogens is 214 g/mol. The smallest absolute Gasteiger partial charge is 0.309 e. The monoisotopic (exact) mass is 227 g/mol. The molecule has 1 aliphatic heterocycles. The number of esters is 1. The average Bonchev–Trinajstić information content (AvgIpc) is 2.64. The van der Waals surface area contributed by atoms with Gasteiger partial charge in [0.05, 0.1) is 13.5 Å². The summed E-state index contributed by atoms with van der Waals surface area (Å²) in [4.78, 5) is 11.0. The summed E-state index contributed by atoms with van der Waals surface area (Å²) in [5.74, 6) is -0.184. The lowest BCUT2D eigenvalue weighted by Gasteiger charge is -2.03. The molecule has 1 aromatic carbocycles. The zero-order valence-corrected chi connectivity index (χ0v) is 9.39. The van der Waals surface area contributed by atoms with Crippen molar-refractivity contribution >= 4 is 24.1 Å². The molecule has 0 fully saturated rings. The highest BCUT2D eigenvalue weighted by atomic mass is 35.5. The van der Waals surface area contributed by atoms with Gasteiger partial charge in [-0.3, -0.25) is 4.79 Å². The fourth-order valence-electron chi connectivity index (χ4n) is 1.71. The minimum atomic E-state index is -0.184. The van der Waals surface area contributed by atoms with Gasteiger partial charge in [-0.2, -0.15) is 0 Å². The van der Waals surface area contributed by atoms with Crippen LogP contribution in [0.1, 0.15) is 11.1 Å². The minimum absolute atomic E-state index is 0. The molecule has 0 aromatic heterocycles. The molecule has 1 heterocycles. The highest BCUT2D eigenvalue weighted by molar-refractivity contribution is 5.85. The van der Waals surface area contributed by atoms with Crippen LogP contribution in [0, 0.1) is 0 Å². The van der Waals surface area contributed by atoms with E-state index in [0.29, 0.717) is 6.42 Å². The van der Waals surface area contributed by atoms with E-state index in [-0.39, 0.29) is 18.4 Å². The van der Waals surface area contributed by atoms with Crippen LogP contribution in [-0.2, 0) is 22.4 Å². The van der Waals surface area contributed by atoms with Gasteiger partial charge in [0.25, 0.3) is 0 Å². The Hall–Kier alpha value is -1.22. The van der Waals surface area contributed by atoms with Gasteiger partial charge in [0, 0.05) is 12.2 Å². The summed E-state index contributed by atoms with van der Waals surface area (Å²) in [6.07, 6.45) is 1.41. The molecule has 0 unspecified atom stereocenters. The average molecular weight is 228 g/mol. The van der Waals surface area contributed by atoms with Gasteiger partial charge in [-0.25, -0.2) is 0 Å². The van der Waals surface area contributed by atoms with Crippen molar-refractivity contribution in [2.75, 3.05) is 19.0 Å². The van der Waals surface area contributed by atoms with Crippen molar-refractivity contribution in [2.45, 2.75) is 12.8 Å². The maximum atomic E-state index is 11.0. The van der Waals surface area contributed by atoms with Crippen molar-refractivity contribution in [1.29, 1.82) is 0 Å². The van der Waals surface area contributed by atoms with Gasteiger partial charge in [-0.05, 0) is 23.6 Å². The molecule has 0 atom stereocenters. The Morgan fingerprint density at radius 2 is 2.33 bits per heavy atom. The Bertz CT molecular complexity index is 366. The Morgan fingerprint density at radius 3 is 3.07 bits per heavy atom. The maximum Gasteiger partial charge on any atom is 0.309 e.